The molecule has 2 heteroatoms. The zero-order valence-electron chi connectivity index (χ0n) is 5.58. The third kappa shape index (κ3) is 2.15. The van der Waals surface area contributed by atoms with Crippen LogP contribution in [0.2, 0.25) is 0 Å². The molecule has 1 nitrogen and oxygen atoms in total. The van der Waals surface area contributed by atoms with Gasteiger partial charge in [-0.2, -0.15) is 0 Å². The van der Waals surface area contributed by atoms with Crippen molar-refractivity contribution >= 4 is 17.7 Å². The van der Waals surface area contributed by atoms with E-state index in [9.17, 15) is 0 Å². The molecule has 0 amide bonds. The van der Waals surface area contributed by atoms with Crippen LogP contribution in [0.1, 0.15) is 5.56 Å². The summed E-state index contributed by atoms with van der Waals surface area (Å²) in [4.78, 5) is 0. The predicted molar refractivity (Wildman–Crippen MR) is 46.9 cm³/mol. The Balaban J connectivity index is 2.50. The minimum Gasteiger partial charge on any atom is -0.378 e. The molecule has 0 aliphatic rings. The van der Waals surface area contributed by atoms with Gasteiger partial charge in [-0.1, -0.05) is 42.5 Å². The molecule has 0 aliphatic heterocycles. The van der Waals surface area contributed by atoms with Crippen molar-refractivity contribution in [3.8, 4) is 0 Å². The zero-order valence-corrected chi connectivity index (χ0v) is 6.40. The predicted octanol–water partition coefficient (Wildman–Crippen LogP) is 1.73. The molecule has 0 aromatic heterocycles. The lowest BCUT2D eigenvalue weighted by molar-refractivity contribution is 0.944. The van der Waals surface area contributed by atoms with Crippen molar-refractivity contribution in [2.24, 2.45) is 0 Å². The Morgan fingerprint density at radius 3 is 2.60 bits per heavy atom. The molecule has 0 unspecified atom stereocenters. The van der Waals surface area contributed by atoms with Gasteiger partial charge >= 0.3 is 0 Å². The van der Waals surface area contributed by atoms with E-state index in [0.717, 1.165) is 6.54 Å². The first-order chi connectivity index (χ1) is 4.93. The molecule has 0 saturated carbocycles. The van der Waals surface area contributed by atoms with Crippen molar-refractivity contribution in [3.05, 3.63) is 35.9 Å². The standard InChI is InChI=1S/C8H9NS/c10-7-9-6-8-4-2-1-3-5-8/h1-5,7H,6H2,(H,9,10). The van der Waals surface area contributed by atoms with Gasteiger partial charge in [0.15, 0.2) is 0 Å². The van der Waals surface area contributed by atoms with Gasteiger partial charge < -0.3 is 5.32 Å². The molecule has 0 fully saturated rings. The highest BCUT2D eigenvalue weighted by molar-refractivity contribution is 7.78. The Morgan fingerprint density at radius 1 is 1.30 bits per heavy atom. The van der Waals surface area contributed by atoms with Crippen LogP contribution in [0.4, 0.5) is 0 Å². The fourth-order valence-electron chi connectivity index (χ4n) is 0.755. The molecule has 1 aromatic rings. The van der Waals surface area contributed by atoms with E-state index in [1.54, 1.807) is 0 Å². The number of rotatable bonds is 3. The third-order valence-electron chi connectivity index (χ3n) is 1.23. The lowest BCUT2D eigenvalue weighted by Crippen LogP contribution is -2.07. The van der Waals surface area contributed by atoms with E-state index < -0.39 is 0 Å². The second-order valence-corrected chi connectivity index (χ2v) is 2.22. The summed E-state index contributed by atoms with van der Waals surface area (Å²) >= 11 is 4.62. The minimum atomic E-state index is 0.824. The molecule has 0 atom stereocenters. The fourth-order valence-corrected chi connectivity index (χ4v) is 0.839. The molecule has 52 valence electrons. The lowest BCUT2D eigenvalue weighted by Gasteiger charge is -1.97. The van der Waals surface area contributed by atoms with Crippen LogP contribution in [0.5, 0.6) is 0 Å². The fraction of sp³-hybridized carbons (Fsp3) is 0.125. The highest BCUT2D eigenvalue weighted by Crippen LogP contribution is 1.95. The maximum absolute atomic E-state index is 4.62. The van der Waals surface area contributed by atoms with Gasteiger partial charge in [0.1, 0.15) is 0 Å². The van der Waals surface area contributed by atoms with E-state index in [0.29, 0.717) is 0 Å². The molecule has 1 N–H and O–H groups in total. The van der Waals surface area contributed by atoms with Crippen LogP contribution in [0.3, 0.4) is 0 Å². The molecule has 10 heavy (non-hydrogen) atoms. The van der Waals surface area contributed by atoms with Gasteiger partial charge in [-0.3, -0.25) is 0 Å². The monoisotopic (exact) mass is 151 g/mol. The second kappa shape index (κ2) is 4.01. The summed E-state index contributed by atoms with van der Waals surface area (Å²) in [7, 11) is 0. The first-order valence-corrected chi connectivity index (χ1v) is 3.61. The van der Waals surface area contributed by atoms with Gasteiger partial charge in [0, 0.05) is 6.54 Å². The van der Waals surface area contributed by atoms with Gasteiger partial charge in [-0.25, -0.2) is 0 Å². The third-order valence-corrected chi connectivity index (χ3v) is 1.40. The van der Waals surface area contributed by atoms with E-state index in [1.807, 2.05) is 18.2 Å². The molecule has 0 heterocycles. The summed E-state index contributed by atoms with van der Waals surface area (Å²) < 4.78 is 0. The average Bonchev–Trinajstić information content (AvgIpc) is 2.03. The van der Waals surface area contributed by atoms with Crippen LogP contribution in [-0.2, 0) is 6.54 Å². The van der Waals surface area contributed by atoms with Gasteiger partial charge in [-0.05, 0) is 5.56 Å². The van der Waals surface area contributed by atoms with Crippen molar-refractivity contribution in [1.82, 2.24) is 5.32 Å². The summed E-state index contributed by atoms with van der Waals surface area (Å²) in [5.74, 6) is 0. The topological polar surface area (TPSA) is 12.0 Å². The molecule has 0 spiro atoms. The highest BCUT2D eigenvalue weighted by Gasteiger charge is 1.84. The van der Waals surface area contributed by atoms with Crippen molar-refractivity contribution < 1.29 is 0 Å². The molecule has 0 saturated heterocycles. The Labute approximate surface area is 66.1 Å². The molecular weight excluding hydrogens is 142 g/mol. The first kappa shape index (κ1) is 7.22. The van der Waals surface area contributed by atoms with E-state index in [4.69, 9.17) is 0 Å². The van der Waals surface area contributed by atoms with Crippen LogP contribution in [0.15, 0.2) is 30.3 Å². The van der Waals surface area contributed by atoms with E-state index in [2.05, 4.69) is 29.7 Å². The van der Waals surface area contributed by atoms with E-state index in [1.165, 1.54) is 11.1 Å². The number of hydrogen-bond donors (Lipinski definition) is 1. The molecule has 1 aromatic carbocycles. The number of benzene rings is 1. The van der Waals surface area contributed by atoms with Crippen LogP contribution < -0.4 is 5.32 Å². The maximum atomic E-state index is 4.62. The number of hydrogen-bond acceptors (Lipinski definition) is 1. The Hall–Kier alpha value is -0.890. The Morgan fingerprint density at radius 2 is 2.00 bits per heavy atom. The van der Waals surface area contributed by atoms with Gasteiger partial charge in [0.05, 0.1) is 5.49 Å². The van der Waals surface area contributed by atoms with Gasteiger partial charge in [0.2, 0.25) is 0 Å². The van der Waals surface area contributed by atoms with Crippen LogP contribution in [0, 0.1) is 0 Å². The van der Waals surface area contributed by atoms with Crippen LogP contribution in [-0.4, -0.2) is 5.49 Å². The smallest absolute Gasteiger partial charge is 0.0617 e. The largest absolute Gasteiger partial charge is 0.378 e. The quantitative estimate of drug-likeness (QED) is 0.660. The summed E-state index contributed by atoms with van der Waals surface area (Å²) in [6, 6.07) is 10.2. The summed E-state index contributed by atoms with van der Waals surface area (Å²) in [5, 5.41) is 2.95. The normalized spacial score (nSPS) is 8.80. The van der Waals surface area contributed by atoms with Crippen LogP contribution in [0.25, 0.3) is 0 Å². The number of nitrogens with one attached hydrogen (secondary N) is 1. The second-order valence-electron chi connectivity index (χ2n) is 1.98. The first-order valence-electron chi connectivity index (χ1n) is 3.14. The molecule has 0 bridgehead atoms. The molecular formula is C8H9NS. The summed E-state index contributed by atoms with van der Waals surface area (Å²) in [6.45, 7) is 0.824. The summed E-state index contributed by atoms with van der Waals surface area (Å²) in [6.07, 6.45) is 0. The number of thiocarbonyl (C=S) groups is 1. The van der Waals surface area contributed by atoms with E-state index >= 15 is 0 Å². The SMILES string of the molecule is S=CNCc1ccccc1. The highest BCUT2D eigenvalue weighted by atomic mass is 32.1. The van der Waals surface area contributed by atoms with Crippen molar-refractivity contribution in [2.45, 2.75) is 6.54 Å². The van der Waals surface area contributed by atoms with Gasteiger partial charge in [0.25, 0.3) is 0 Å². The maximum Gasteiger partial charge on any atom is 0.0617 e. The van der Waals surface area contributed by atoms with E-state index in [-0.39, 0.29) is 0 Å². The van der Waals surface area contributed by atoms with Crippen molar-refractivity contribution in [1.29, 1.82) is 0 Å². The van der Waals surface area contributed by atoms with Crippen molar-refractivity contribution in [3.63, 3.8) is 0 Å². The lowest BCUT2D eigenvalue weighted by atomic mass is 10.2. The van der Waals surface area contributed by atoms with Crippen LogP contribution >= 0.6 is 12.2 Å². The molecule has 0 aliphatic carbocycles. The Kier molecular flexibility index (Phi) is 2.90. The Bertz CT molecular complexity index is 196. The van der Waals surface area contributed by atoms with Crippen molar-refractivity contribution in [2.75, 3.05) is 0 Å². The van der Waals surface area contributed by atoms with Gasteiger partial charge in [-0.15, -0.1) is 0 Å². The molecule has 1 rings (SSSR count). The average molecular weight is 151 g/mol. The molecule has 0 radical (unpaired) electrons. The zero-order chi connectivity index (χ0) is 7.23. The summed E-state index contributed by atoms with van der Waals surface area (Å²) in [5.41, 5.74) is 2.79. The minimum absolute atomic E-state index is 0.824.